The Hall–Kier alpha value is -1.55. The molecule has 4 heteroatoms. The smallest absolute Gasteiger partial charge is 0.126 e. The summed E-state index contributed by atoms with van der Waals surface area (Å²) >= 11 is 3.38. The second-order valence-corrected chi connectivity index (χ2v) is 4.74. The first kappa shape index (κ1) is 11.9. The van der Waals surface area contributed by atoms with Crippen LogP contribution in [0.3, 0.4) is 0 Å². The highest BCUT2D eigenvalue weighted by Crippen LogP contribution is 2.27. The molecule has 17 heavy (non-hydrogen) atoms. The van der Waals surface area contributed by atoms with Crippen LogP contribution in [0.25, 0.3) is 0 Å². The minimum atomic E-state index is -0.210. The summed E-state index contributed by atoms with van der Waals surface area (Å²) in [7, 11) is 0. The molecule has 0 aliphatic heterocycles. The van der Waals surface area contributed by atoms with E-state index in [1.54, 1.807) is 19.1 Å². The van der Waals surface area contributed by atoms with Gasteiger partial charge in [-0.3, -0.25) is 0 Å². The maximum Gasteiger partial charge on any atom is 0.126 e. The standard InChI is InChI=1S/C13H12BrFN2/c1-8-6-10(3-4-11(8)15)17-13-7-9(14)2-5-12(13)16/h2-7,17H,16H2,1H3. The fourth-order valence-corrected chi connectivity index (χ4v) is 1.88. The summed E-state index contributed by atoms with van der Waals surface area (Å²) in [6.07, 6.45) is 0. The van der Waals surface area contributed by atoms with Gasteiger partial charge in [-0.1, -0.05) is 15.9 Å². The van der Waals surface area contributed by atoms with E-state index in [4.69, 9.17) is 5.73 Å². The van der Waals surface area contributed by atoms with Crippen LogP contribution in [-0.2, 0) is 0 Å². The minimum Gasteiger partial charge on any atom is -0.397 e. The Kier molecular flexibility index (Phi) is 3.33. The molecule has 0 saturated heterocycles. The van der Waals surface area contributed by atoms with E-state index in [1.807, 2.05) is 18.2 Å². The summed E-state index contributed by atoms with van der Waals surface area (Å²) in [5.74, 6) is -0.210. The first-order valence-corrected chi connectivity index (χ1v) is 5.94. The molecule has 0 fully saturated rings. The Morgan fingerprint density at radius 1 is 1.18 bits per heavy atom. The van der Waals surface area contributed by atoms with Crippen LogP contribution in [0.4, 0.5) is 21.5 Å². The Labute approximate surface area is 108 Å². The van der Waals surface area contributed by atoms with Crippen molar-refractivity contribution < 1.29 is 4.39 Å². The van der Waals surface area contributed by atoms with Crippen LogP contribution in [0.5, 0.6) is 0 Å². The van der Waals surface area contributed by atoms with Gasteiger partial charge < -0.3 is 11.1 Å². The maximum atomic E-state index is 13.1. The third kappa shape index (κ3) is 2.77. The molecule has 2 aromatic carbocycles. The van der Waals surface area contributed by atoms with Crippen LogP contribution in [0, 0.1) is 12.7 Å². The van der Waals surface area contributed by atoms with Gasteiger partial charge in [0.1, 0.15) is 5.82 Å². The molecule has 0 atom stereocenters. The van der Waals surface area contributed by atoms with Gasteiger partial charge in [0, 0.05) is 10.2 Å². The molecule has 0 aliphatic rings. The largest absolute Gasteiger partial charge is 0.397 e. The molecule has 3 N–H and O–H groups in total. The molecule has 0 spiro atoms. The fourth-order valence-electron chi connectivity index (χ4n) is 1.51. The summed E-state index contributed by atoms with van der Waals surface area (Å²) < 4.78 is 14.1. The molecule has 88 valence electrons. The highest BCUT2D eigenvalue weighted by Gasteiger charge is 2.03. The zero-order valence-electron chi connectivity index (χ0n) is 9.30. The Balaban J connectivity index is 2.31. The molecule has 2 rings (SSSR count). The summed E-state index contributed by atoms with van der Waals surface area (Å²) in [6, 6.07) is 10.4. The van der Waals surface area contributed by atoms with Gasteiger partial charge in [0.05, 0.1) is 11.4 Å². The van der Waals surface area contributed by atoms with Crippen molar-refractivity contribution >= 4 is 33.0 Å². The Morgan fingerprint density at radius 2 is 1.94 bits per heavy atom. The van der Waals surface area contributed by atoms with Crippen LogP contribution in [0.2, 0.25) is 0 Å². The second kappa shape index (κ2) is 4.75. The van der Waals surface area contributed by atoms with Crippen LogP contribution in [-0.4, -0.2) is 0 Å². The molecular formula is C13H12BrFN2. The van der Waals surface area contributed by atoms with Crippen molar-refractivity contribution in [3.8, 4) is 0 Å². The molecule has 0 amide bonds. The number of benzene rings is 2. The third-order valence-corrected chi connectivity index (χ3v) is 2.95. The van der Waals surface area contributed by atoms with Crippen molar-refractivity contribution in [2.24, 2.45) is 0 Å². The third-order valence-electron chi connectivity index (χ3n) is 2.45. The number of nitrogen functional groups attached to an aromatic ring is 1. The fraction of sp³-hybridized carbons (Fsp3) is 0.0769. The first-order chi connectivity index (χ1) is 8.06. The summed E-state index contributed by atoms with van der Waals surface area (Å²) in [5.41, 5.74) is 8.71. The summed E-state index contributed by atoms with van der Waals surface area (Å²) in [4.78, 5) is 0. The molecule has 0 aliphatic carbocycles. The Morgan fingerprint density at radius 3 is 2.65 bits per heavy atom. The van der Waals surface area contributed by atoms with E-state index in [9.17, 15) is 4.39 Å². The minimum absolute atomic E-state index is 0.210. The van der Waals surface area contributed by atoms with Crippen molar-refractivity contribution in [2.45, 2.75) is 6.92 Å². The number of anilines is 3. The van der Waals surface area contributed by atoms with E-state index in [0.29, 0.717) is 11.3 Å². The van der Waals surface area contributed by atoms with Crippen molar-refractivity contribution in [3.05, 3.63) is 52.3 Å². The van der Waals surface area contributed by atoms with Gasteiger partial charge in [0.25, 0.3) is 0 Å². The first-order valence-electron chi connectivity index (χ1n) is 5.14. The van der Waals surface area contributed by atoms with Gasteiger partial charge >= 0.3 is 0 Å². The predicted molar refractivity (Wildman–Crippen MR) is 73.0 cm³/mol. The van der Waals surface area contributed by atoms with Gasteiger partial charge in [0.2, 0.25) is 0 Å². The van der Waals surface area contributed by atoms with E-state index in [-0.39, 0.29) is 5.82 Å². The van der Waals surface area contributed by atoms with Crippen molar-refractivity contribution in [1.29, 1.82) is 0 Å². The SMILES string of the molecule is Cc1cc(Nc2cc(Br)ccc2N)ccc1F. The van der Waals surface area contributed by atoms with Crippen LogP contribution >= 0.6 is 15.9 Å². The second-order valence-electron chi connectivity index (χ2n) is 3.82. The molecule has 0 unspecified atom stereocenters. The van der Waals surface area contributed by atoms with Gasteiger partial charge in [-0.25, -0.2) is 4.39 Å². The summed E-state index contributed by atoms with van der Waals surface area (Å²) in [5, 5.41) is 3.16. The lowest BCUT2D eigenvalue weighted by Crippen LogP contribution is -1.97. The lowest BCUT2D eigenvalue weighted by molar-refractivity contribution is 0.619. The van der Waals surface area contributed by atoms with Gasteiger partial charge in [-0.15, -0.1) is 0 Å². The van der Waals surface area contributed by atoms with E-state index in [0.717, 1.165) is 15.8 Å². The number of nitrogens with two attached hydrogens (primary N) is 1. The molecule has 0 saturated carbocycles. The van der Waals surface area contributed by atoms with Gasteiger partial charge in [-0.2, -0.15) is 0 Å². The molecule has 2 aromatic rings. The normalized spacial score (nSPS) is 10.3. The molecule has 0 radical (unpaired) electrons. The quantitative estimate of drug-likeness (QED) is 0.814. The van der Waals surface area contributed by atoms with Crippen molar-refractivity contribution in [3.63, 3.8) is 0 Å². The number of hydrogen-bond donors (Lipinski definition) is 2. The number of halogens is 2. The molecule has 0 bridgehead atoms. The Bertz CT molecular complexity index is 555. The van der Waals surface area contributed by atoms with Crippen molar-refractivity contribution in [2.75, 3.05) is 11.1 Å². The average Bonchev–Trinajstić information content (AvgIpc) is 2.29. The maximum absolute atomic E-state index is 13.1. The van der Waals surface area contributed by atoms with E-state index in [1.165, 1.54) is 6.07 Å². The van der Waals surface area contributed by atoms with Crippen LogP contribution in [0.15, 0.2) is 40.9 Å². The molecule has 0 aromatic heterocycles. The van der Waals surface area contributed by atoms with Gasteiger partial charge in [0.15, 0.2) is 0 Å². The van der Waals surface area contributed by atoms with E-state index < -0.39 is 0 Å². The highest BCUT2D eigenvalue weighted by atomic mass is 79.9. The number of nitrogens with one attached hydrogen (secondary N) is 1. The lowest BCUT2D eigenvalue weighted by atomic mass is 10.2. The van der Waals surface area contributed by atoms with Crippen LogP contribution < -0.4 is 11.1 Å². The molecule has 0 heterocycles. The van der Waals surface area contributed by atoms with E-state index >= 15 is 0 Å². The van der Waals surface area contributed by atoms with Gasteiger partial charge in [-0.05, 0) is 48.9 Å². The van der Waals surface area contributed by atoms with Crippen LogP contribution in [0.1, 0.15) is 5.56 Å². The zero-order chi connectivity index (χ0) is 12.4. The monoisotopic (exact) mass is 294 g/mol. The highest BCUT2D eigenvalue weighted by molar-refractivity contribution is 9.10. The lowest BCUT2D eigenvalue weighted by Gasteiger charge is -2.10. The zero-order valence-corrected chi connectivity index (χ0v) is 10.9. The molecular weight excluding hydrogens is 283 g/mol. The molecule has 2 nitrogen and oxygen atoms in total. The number of aryl methyl sites for hydroxylation is 1. The number of hydrogen-bond acceptors (Lipinski definition) is 2. The predicted octanol–water partition coefficient (Wildman–Crippen LogP) is 4.22. The topological polar surface area (TPSA) is 38.0 Å². The summed E-state index contributed by atoms with van der Waals surface area (Å²) in [6.45, 7) is 1.73. The number of rotatable bonds is 2. The van der Waals surface area contributed by atoms with E-state index in [2.05, 4.69) is 21.2 Å². The van der Waals surface area contributed by atoms with Crippen molar-refractivity contribution in [1.82, 2.24) is 0 Å². The average molecular weight is 295 g/mol.